The monoisotopic (exact) mass is 259 g/mol. The van der Waals surface area contributed by atoms with Crippen molar-refractivity contribution < 1.29 is 22.7 Å². The summed E-state index contributed by atoms with van der Waals surface area (Å²) >= 11 is 0. The maximum absolute atomic E-state index is 13.7. The average Bonchev–Trinajstić information content (AvgIpc) is 2.27. The van der Waals surface area contributed by atoms with E-state index in [9.17, 15) is 18.0 Å². The maximum Gasteiger partial charge on any atom is 0.407 e. The molecule has 18 heavy (non-hydrogen) atoms. The van der Waals surface area contributed by atoms with Crippen LogP contribution in [0.4, 0.5) is 18.0 Å². The van der Waals surface area contributed by atoms with Crippen molar-refractivity contribution >= 4 is 6.09 Å². The highest BCUT2D eigenvalue weighted by molar-refractivity contribution is 5.69. The molecule has 0 spiro atoms. The van der Waals surface area contributed by atoms with Gasteiger partial charge in [-0.3, -0.25) is 0 Å². The highest BCUT2D eigenvalue weighted by atomic mass is 19.2. The van der Waals surface area contributed by atoms with Gasteiger partial charge in [0.2, 0.25) is 0 Å². The smallest absolute Gasteiger partial charge is 0.407 e. The molecule has 1 aliphatic rings. The summed E-state index contributed by atoms with van der Waals surface area (Å²) in [5.74, 6) is -3.32. The molecule has 1 aromatic carbocycles. The van der Waals surface area contributed by atoms with Gasteiger partial charge >= 0.3 is 6.09 Å². The number of alkyl carbamates (subject to hydrolysis) is 1. The standard InChI is InChI=1S/C12H12F3NO2/c1-12(2)5-18-11(17)16-10(12)7-3-6(13)4-8(14)9(7)15/h3-4,10H,5H2,1-2H3,(H,16,17)/t10-/m1/s1. The molecular formula is C12H12F3NO2. The number of hydrogen-bond donors (Lipinski definition) is 1. The first-order valence-corrected chi connectivity index (χ1v) is 5.39. The second-order valence-corrected chi connectivity index (χ2v) is 4.93. The lowest BCUT2D eigenvalue weighted by Gasteiger charge is -2.38. The Labute approximate surface area is 102 Å². The Bertz CT molecular complexity index is 502. The lowest BCUT2D eigenvalue weighted by Crippen LogP contribution is -2.47. The van der Waals surface area contributed by atoms with Gasteiger partial charge in [0.25, 0.3) is 0 Å². The van der Waals surface area contributed by atoms with E-state index in [1.54, 1.807) is 13.8 Å². The summed E-state index contributed by atoms with van der Waals surface area (Å²) in [5, 5.41) is 2.38. The zero-order valence-electron chi connectivity index (χ0n) is 9.89. The number of ether oxygens (including phenoxy) is 1. The van der Waals surface area contributed by atoms with E-state index in [2.05, 4.69) is 5.32 Å². The lowest BCUT2D eigenvalue weighted by molar-refractivity contribution is 0.0375. The van der Waals surface area contributed by atoms with Gasteiger partial charge in [-0.15, -0.1) is 0 Å². The Balaban J connectivity index is 2.49. The number of hydrogen-bond acceptors (Lipinski definition) is 2. The van der Waals surface area contributed by atoms with Crippen LogP contribution in [0.25, 0.3) is 0 Å². The molecule has 0 aliphatic carbocycles. The van der Waals surface area contributed by atoms with Crippen molar-refractivity contribution in [2.45, 2.75) is 19.9 Å². The van der Waals surface area contributed by atoms with Gasteiger partial charge < -0.3 is 10.1 Å². The fourth-order valence-corrected chi connectivity index (χ4v) is 1.97. The molecule has 1 aromatic rings. The van der Waals surface area contributed by atoms with Crippen LogP contribution in [-0.2, 0) is 4.74 Å². The first kappa shape index (κ1) is 12.7. The fraction of sp³-hybridized carbons (Fsp3) is 0.417. The number of carbonyl (C=O) groups is 1. The van der Waals surface area contributed by atoms with Gasteiger partial charge in [-0.25, -0.2) is 18.0 Å². The molecule has 1 fully saturated rings. The van der Waals surface area contributed by atoms with Crippen LogP contribution in [-0.4, -0.2) is 12.7 Å². The molecule has 0 radical (unpaired) electrons. The van der Waals surface area contributed by atoms with Crippen molar-refractivity contribution in [3.63, 3.8) is 0 Å². The third-order valence-corrected chi connectivity index (χ3v) is 2.95. The van der Waals surface area contributed by atoms with Gasteiger partial charge in [0, 0.05) is 17.0 Å². The number of amides is 1. The Morgan fingerprint density at radius 3 is 2.67 bits per heavy atom. The maximum atomic E-state index is 13.7. The van der Waals surface area contributed by atoms with Crippen LogP contribution in [0.5, 0.6) is 0 Å². The number of carbonyl (C=O) groups excluding carboxylic acids is 1. The third-order valence-electron chi connectivity index (χ3n) is 2.95. The van der Waals surface area contributed by atoms with Gasteiger partial charge in [0.05, 0.1) is 6.04 Å². The first-order valence-electron chi connectivity index (χ1n) is 5.39. The summed E-state index contributed by atoms with van der Waals surface area (Å²) in [4.78, 5) is 11.2. The van der Waals surface area contributed by atoms with Crippen molar-refractivity contribution in [3.8, 4) is 0 Å². The number of benzene rings is 1. The molecule has 1 saturated heterocycles. The predicted octanol–water partition coefficient (Wildman–Crippen LogP) is 2.91. The predicted molar refractivity (Wildman–Crippen MR) is 57.3 cm³/mol. The van der Waals surface area contributed by atoms with E-state index in [0.29, 0.717) is 6.07 Å². The quantitative estimate of drug-likeness (QED) is 0.787. The van der Waals surface area contributed by atoms with Crippen LogP contribution < -0.4 is 5.32 Å². The zero-order chi connectivity index (χ0) is 13.5. The molecule has 1 N–H and O–H groups in total. The summed E-state index contributed by atoms with van der Waals surface area (Å²) in [6, 6.07) is 0.507. The lowest BCUT2D eigenvalue weighted by atomic mass is 9.80. The summed E-state index contributed by atoms with van der Waals surface area (Å²) in [6.07, 6.45) is -0.733. The molecule has 0 saturated carbocycles. The van der Waals surface area contributed by atoms with Gasteiger partial charge in [0.15, 0.2) is 11.6 Å². The van der Waals surface area contributed by atoms with Crippen molar-refractivity contribution in [2.24, 2.45) is 5.41 Å². The highest BCUT2D eigenvalue weighted by Gasteiger charge is 2.40. The summed E-state index contributed by atoms with van der Waals surface area (Å²) in [5.41, 5.74) is -0.885. The second-order valence-electron chi connectivity index (χ2n) is 4.93. The van der Waals surface area contributed by atoms with Crippen LogP contribution >= 0.6 is 0 Å². The van der Waals surface area contributed by atoms with E-state index >= 15 is 0 Å². The number of halogens is 3. The summed E-state index contributed by atoms with van der Waals surface area (Å²) in [7, 11) is 0. The zero-order valence-corrected chi connectivity index (χ0v) is 9.89. The first-order chi connectivity index (χ1) is 8.31. The summed E-state index contributed by atoms with van der Waals surface area (Å²) < 4.78 is 44.8. The Hall–Kier alpha value is -1.72. The largest absolute Gasteiger partial charge is 0.449 e. The number of rotatable bonds is 1. The minimum atomic E-state index is -1.28. The molecule has 1 amide bonds. The SMILES string of the molecule is CC1(C)COC(=O)N[C@@H]1c1cc(F)cc(F)c1F. The van der Waals surface area contributed by atoms with Crippen molar-refractivity contribution in [1.82, 2.24) is 5.32 Å². The Kier molecular flexibility index (Phi) is 2.96. The molecule has 0 aromatic heterocycles. The minimum absolute atomic E-state index is 0.0427. The van der Waals surface area contributed by atoms with E-state index in [4.69, 9.17) is 4.74 Å². The second kappa shape index (κ2) is 4.19. The molecule has 0 bridgehead atoms. The molecule has 2 rings (SSSR count). The van der Waals surface area contributed by atoms with E-state index < -0.39 is 35.0 Å². The molecule has 1 atom stereocenters. The topological polar surface area (TPSA) is 38.3 Å². The van der Waals surface area contributed by atoms with Crippen LogP contribution in [0, 0.1) is 22.9 Å². The van der Waals surface area contributed by atoms with Crippen molar-refractivity contribution in [2.75, 3.05) is 6.61 Å². The number of nitrogens with one attached hydrogen (secondary N) is 1. The molecular weight excluding hydrogens is 247 g/mol. The molecule has 6 heteroatoms. The Morgan fingerprint density at radius 1 is 1.33 bits per heavy atom. The van der Waals surface area contributed by atoms with Crippen LogP contribution in [0.2, 0.25) is 0 Å². The van der Waals surface area contributed by atoms with Crippen molar-refractivity contribution in [1.29, 1.82) is 0 Å². The molecule has 1 heterocycles. The van der Waals surface area contributed by atoms with Gasteiger partial charge in [-0.1, -0.05) is 13.8 Å². The van der Waals surface area contributed by atoms with Gasteiger partial charge in [0.1, 0.15) is 12.4 Å². The van der Waals surface area contributed by atoms with E-state index in [1.165, 1.54) is 0 Å². The average molecular weight is 259 g/mol. The highest BCUT2D eigenvalue weighted by Crippen LogP contribution is 2.38. The van der Waals surface area contributed by atoms with E-state index in [-0.39, 0.29) is 12.2 Å². The molecule has 98 valence electrons. The van der Waals surface area contributed by atoms with Crippen LogP contribution in [0.1, 0.15) is 25.5 Å². The molecule has 3 nitrogen and oxygen atoms in total. The van der Waals surface area contributed by atoms with Crippen LogP contribution in [0.3, 0.4) is 0 Å². The fourth-order valence-electron chi connectivity index (χ4n) is 1.97. The Morgan fingerprint density at radius 2 is 2.00 bits per heavy atom. The van der Waals surface area contributed by atoms with E-state index in [1.807, 2.05) is 0 Å². The molecule has 0 unspecified atom stereocenters. The molecule has 1 aliphatic heterocycles. The van der Waals surface area contributed by atoms with Crippen LogP contribution in [0.15, 0.2) is 12.1 Å². The normalized spacial score (nSPS) is 22.3. The van der Waals surface area contributed by atoms with Gasteiger partial charge in [-0.05, 0) is 6.07 Å². The minimum Gasteiger partial charge on any atom is -0.449 e. The van der Waals surface area contributed by atoms with Gasteiger partial charge in [-0.2, -0.15) is 0 Å². The third kappa shape index (κ3) is 2.14. The summed E-state index contributed by atoms with van der Waals surface area (Å²) in [6.45, 7) is 3.46. The van der Waals surface area contributed by atoms with E-state index in [0.717, 1.165) is 6.07 Å². The number of cyclic esters (lactones) is 1. The van der Waals surface area contributed by atoms with Crippen molar-refractivity contribution in [3.05, 3.63) is 35.1 Å².